The van der Waals surface area contributed by atoms with Gasteiger partial charge in [0.2, 0.25) is 5.88 Å². The number of fused-ring (bicyclic) bond motifs is 1. The van der Waals surface area contributed by atoms with Gasteiger partial charge >= 0.3 is 4.87 Å². The third-order valence-electron chi connectivity index (χ3n) is 7.01. The van der Waals surface area contributed by atoms with Gasteiger partial charge in [0.15, 0.2) is 11.6 Å². The first-order chi connectivity index (χ1) is 15.4. The normalized spacial score (nSPS) is 16.5. The summed E-state index contributed by atoms with van der Waals surface area (Å²) in [5.41, 5.74) is 3.62. The van der Waals surface area contributed by atoms with Crippen LogP contribution in [0.25, 0.3) is 11.1 Å². The first-order valence-corrected chi connectivity index (χ1v) is 11.8. The predicted molar refractivity (Wildman–Crippen MR) is 128 cm³/mol. The zero-order chi connectivity index (χ0) is 24.3. The standard InChI is InChI=1S/C26H29F2NO3S/c1-14-9-17-18(26(4,5)8-7-25(17,2)3)11-16(14)21-22(28)15(10-19(27)23(21)32-6)12-29-20(30)13-33-24(29)31/h9-11,13,30H,7-8,12H2,1-6H3. The first-order valence-electron chi connectivity index (χ1n) is 11.0. The molecule has 0 unspecified atom stereocenters. The lowest BCUT2D eigenvalue weighted by Crippen LogP contribution is -2.34. The zero-order valence-corrected chi connectivity index (χ0v) is 20.6. The number of halogens is 2. The maximum atomic E-state index is 16.0. The molecule has 1 aliphatic rings. The fourth-order valence-corrected chi connectivity index (χ4v) is 5.47. The quantitative estimate of drug-likeness (QED) is 0.486. The minimum absolute atomic E-state index is 0.0124. The molecule has 7 heteroatoms. The maximum absolute atomic E-state index is 16.0. The van der Waals surface area contributed by atoms with E-state index in [1.54, 1.807) is 0 Å². The van der Waals surface area contributed by atoms with Crippen molar-refractivity contribution in [2.45, 2.75) is 64.8 Å². The Hall–Kier alpha value is -2.67. The Labute approximate surface area is 196 Å². The van der Waals surface area contributed by atoms with Crippen molar-refractivity contribution in [1.29, 1.82) is 0 Å². The largest absolute Gasteiger partial charge is 0.494 e. The number of aromatic nitrogens is 1. The van der Waals surface area contributed by atoms with Crippen molar-refractivity contribution in [3.05, 3.63) is 67.1 Å². The van der Waals surface area contributed by atoms with Crippen LogP contribution in [0, 0.1) is 18.6 Å². The van der Waals surface area contributed by atoms with Crippen LogP contribution in [0.5, 0.6) is 11.6 Å². The summed E-state index contributed by atoms with van der Waals surface area (Å²) in [7, 11) is 1.32. The lowest BCUT2D eigenvalue weighted by molar-refractivity contribution is 0.332. The first kappa shape index (κ1) is 23.5. The second-order valence-electron chi connectivity index (χ2n) is 10.2. The topological polar surface area (TPSA) is 51.5 Å². The van der Waals surface area contributed by atoms with Crippen LogP contribution in [0.15, 0.2) is 28.4 Å². The summed E-state index contributed by atoms with van der Waals surface area (Å²) in [6.45, 7) is 10.4. The van der Waals surface area contributed by atoms with Crippen LogP contribution < -0.4 is 9.61 Å². The molecular formula is C26H29F2NO3S. The van der Waals surface area contributed by atoms with E-state index in [0.717, 1.165) is 45.9 Å². The van der Waals surface area contributed by atoms with Crippen molar-refractivity contribution in [2.24, 2.45) is 0 Å². The van der Waals surface area contributed by atoms with Gasteiger partial charge in [-0.1, -0.05) is 45.1 Å². The molecule has 176 valence electrons. The number of rotatable bonds is 4. The van der Waals surface area contributed by atoms with Crippen LogP contribution >= 0.6 is 11.3 Å². The molecule has 33 heavy (non-hydrogen) atoms. The number of benzene rings is 2. The molecule has 2 aromatic carbocycles. The summed E-state index contributed by atoms with van der Waals surface area (Å²) in [4.78, 5) is 11.6. The van der Waals surface area contributed by atoms with E-state index in [1.165, 1.54) is 18.1 Å². The van der Waals surface area contributed by atoms with Gasteiger partial charge in [0.05, 0.1) is 24.6 Å². The van der Waals surface area contributed by atoms with Crippen molar-refractivity contribution in [3.8, 4) is 22.8 Å². The zero-order valence-electron chi connectivity index (χ0n) is 19.8. The molecule has 0 bridgehead atoms. The molecule has 1 N–H and O–H groups in total. The SMILES string of the molecule is COc1c(F)cc(Cn2c(O)csc2=O)c(F)c1-c1cc2c(cc1C)C(C)(C)CCC2(C)C. The van der Waals surface area contributed by atoms with Gasteiger partial charge in [0, 0.05) is 5.56 Å². The Morgan fingerprint density at radius 3 is 2.24 bits per heavy atom. The average Bonchev–Trinajstić information content (AvgIpc) is 3.05. The second-order valence-corrected chi connectivity index (χ2v) is 11.0. The Kier molecular flexibility index (Phi) is 5.68. The van der Waals surface area contributed by atoms with Gasteiger partial charge in [-0.05, 0) is 65.0 Å². The third kappa shape index (κ3) is 3.86. The summed E-state index contributed by atoms with van der Waals surface area (Å²) in [5, 5.41) is 11.2. The molecule has 0 amide bonds. The molecule has 0 saturated carbocycles. The van der Waals surface area contributed by atoms with Crippen LogP contribution in [0.2, 0.25) is 0 Å². The highest BCUT2D eigenvalue weighted by molar-refractivity contribution is 7.07. The Morgan fingerprint density at radius 1 is 1.09 bits per heavy atom. The van der Waals surface area contributed by atoms with Crippen molar-refractivity contribution < 1.29 is 18.6 Å². The van der Waals surface area contributed by atoms with E-state index in [9.17, 15) is 9.90 Å². The number of ether oxygens (including phenoxy) is 1. The molecule has 0 atom stereocenters. The van der Waals surface area contributed by atoms with Gasteiger partial charge in [0.1, 0.15) is 5.82 Å². The Bertz CT molecular complexity index is 1300. The summed E-state index contributed by atoms with van der Waals surface area (Å²) < 4.78 is 37.4. The van der Waals surface area contributed by atoms with E-state index in [2.05, 4.69) is 33.8 Å². The molecule has 4 nitrogen and oxygen atoms in total. The van der Waals surface area contributed by atoms with Crippen LogP contribution in [-0.4, -0.2) is 16.8 Å². The summed E-state index contributed by atoms with van der Waals surface area (Å²) in [6.07, 6.45) is 2.04. The van der Waals surface area contributed by atoms with E-state index in [-0.39, 0.29) is 40.1 Å². The molecule has 3 aromatic rings. The van der Waals surface area contributed by atoms with Gasteiger partial charge in [-0.3, -0.25) is 9.36 Å². The van der Waals surface area contributed by atoms with E-state index in [4.69, 9.17) is 4.74 Å². The Balaban J connectivity index is 1.98. The van der Waals surface area contributed by atoms with E-state index in [0.29, 0.717) is 5.56 Å². The predicted octanol–water partition coefficient (Wildman–Crippen LogP) is 6.27. The van der Waals surface area contributed by atoms with Crippen molar-refractivity contribution in [2.75, 3.05) is 7.11 Å². The monoisotopic (exact) mass is 473 g/mol. The number of methoxy groups -OCH3 is 1. The number of nitrogens with zero attached hydrogens (tertiary/aromatic N) is 1. The van der Waals surface area contributed by atoms with Gasteiger partial charge in [-0.25, -0.2) is 8.78 Å². The number of hydrogen-bond acceptors (Lipinski definition) is 4. The summed E-state index contributed by atoms with van der Waals surface area (Å²) in [6, 6.07) is 5.09. The molecule has 4 rings (SSSR count). The van der Waals surface area contributed by atoms with Crippen LogP contribution in [0.1, 0.15) is 62.8 Å². The molecule has 1 aliphatic carbocycles. The number of hydrogen-bond donors (Lipinski definition) is 1. The molecule has 0 saturated heterocycles. The summed E-state index contributed by atoms with van der Waals surface area (Å²) >= 11 is 0.802. The van der Waals surface area contributed by atoms with Gasteiger partial charge in [0.25, 0.3) is 0 Å². The second kappa shape index (κ2) is 7.97. The van der Waals surface area contributed by atoms with Gasteiger partial charge < -0.3 is 9.84 Å². The summed E-state index contributed by atoms with van der Waals surface area (Å²) in [5.74, 6) is -1.84. The molecule has 0 radical (unpaired) electrons. The minimum Gasteiger partial charge on any atom is -0.494 e. The molecule has 0 aliphatic heterocycles. The Morgan fingerprint density at radius 2 is 1.70 bits per heavy atom. The van der Waals surface area contributed by atoms with Crippen LogP contribution in [0.4, 0.5) is 8.78 Å². The number of aromatic hydroxyl groups is 1. The molecule has 0 fully saturated rings. The van der Waals surface area contributed by atoms with E-state index >= 15 is 8.78 Å². The van der Waals surface area contributed by atoms with E-state index < -0.39 is 16.5 Å². The van der Waals surface area contributed by atoms with Gasteiger partial charge in [-0.2, -0.15) is 0 Å². The van der Waals surface area contributed by atoms with Crippen molar-refractivity contribution in [1.82, 2.24) is 4.57 Å². The maximum Gasteiger partial charge on any atom is 0.310 e. The lowest BCUT2D eigenvalue weighted by Gasteiger charge is -2.42. The van der Waals surface area contributed by atoms with E-state index in [1.807, 2.05) is 13.0 Å². The average molecular weight is 474 g/mol. The molecule has 1 aromatic heterocycles. The fraction of sp³-hybridized carbons (Fsp3) is 0.423. The molecule has 0 spiro atoms. The fourth-order valence-electron chi connectivity index (χ4n) is 4.85. The number of aryl methyl sites for hydroxylation is 1. The highest BCUT2D eigenvalue weighted by Crippen LogP contribution is 2.49. The highest BCUT2D eigenvalue weighted by atomic mass is 32.1. The van der Waals surface area contributed by atoms with Crippen molar-refractivity contribution in [3.63, 3.8) is 0 Å². The van der Waals surface area contributed by atoms with Gasteiger partial charge in [-0.15, -0.1) is 0 Å². The lowest BCUT2D eigenvalue weighted by atomic mass is 9.62. The third-order valence-corrected chi connectivity index (χ3v) is 7.76. The van der Waals surface area contributed by atoms with Crippen molar-refractivity contribution >= 4 is 11.3 Å². The number of thiazole rings is 1. The molecule has 1 heterocycles. The minimum atomic E-state index is -0.719. The molecular weight excluding hydrogens is 444 g/mol. The highest BCUT2D eigenvalue weighted by Gasteiger charge is 2.38. The van der Waals surface area contributed by atoms with Crippen LogP contribution in [-0.2, 0) is 17.4 Å². The smallest absolute Gasteiger partial charge is 0.310 e. The van der Waals surface area contributed by atoms with Crippen LogP contribution in [0.3, 0.4) is 0 Å².